The summed E-state index contributed by atoms with van der Waals surface area (Å²) in [6.45, 7) is 10.2. The van der Waals surface area contributed by atoms with Gasteiger partial charge in [0.25, 0.3) is 0 Å². The molecule has 0 spiro atoms. The maximum absolute atomic E-state index is 12.1. The van der Waals surface area contributed by atoms with Crippen molar-refractivity contribution in [1.82, 2.24) is 4.90 Å². The normalized spacial score (nSPS) is 22.9. The Morgan fingerprint density at radius 3 is 2.65 bits per heavy atom. The highest BCUT2D eigenvalue weighted by Crippen LogP contribution is 2.20. The van der Waals surface area contributed by atoms with E-state index in [0.717, 1.165) is 25.8 Å². The number of aliphatic hydroxyl groups is 1. The minimum Gasteiger partial charge on any atom is -0.393 e. The summed E-state index contributed by atoms with van der Waals surface area (Å²) in [5.74, 6) is 1.01. The molecule has 1 heterocycles. The second-order valence-electron chi connectivity index (χ2n) is 6.54. The molecule has 1 aliphatic heterocycles. The fourth-order valence-corrected chi connectivity index (χ4v) is 2.87. The van der Waals surface area contributed by atoms with Crippen LogP contribution in [0.2, 0.25) is 0 Å². The topological polar surface area (TPSA) is 49.8 Å². The molecule has 1 aliphatic rings. The van der Waals surface area contributed by atoms with Gasteiger partial charge in [0.05, 0.1) is 25.2 Å². The van der Waals surface area contributed by atoms with Crippen LogP contribution in [0.15, 0.2) is 0 Å². The minimum absolute atomic E-state index is 0.159. The lowest BCUT2D eigenvalue weighted by atomic mass is 9.93. The van der Waals surface area contributed by atoms with Crippen molar-refractivity contribution < 1.29 is 14.6 Å². The van der Waals surface area contributed by atoms with E-state index in [1.165, 1.54) is 0 Å². The van der Waals surface area contributed by atoms with Crippen LogP contribution in [-0.2, 0) is 9.53 Å². The Labute approximate surface area is 123 Å². The van der Waals surface area contributed by atoms with Crippen molar-refractivity contribution in [3.8, 4) is 0 Å². The second kappa shape index (κ2) is 8.63. The van der Waals surface area contributed by atoms with Crippen molar-refractivity contribution in [2.75, 3.05) is 19.7 Å². The number of rotatable bonds is 7. The summed E-state index contributed by atoms with van der Waals surface area (Å²) in [4.78, 5) is 14.0. The number of hydrogen-bond acceptors (Lipinski definition) is 3. The average Bonchev–Trinajstić information content (AvgIpc) is 2.37. The van der Waals surface area contributed by atoms with Crippen LogP contribution < -0.4 is 0 Å². The number of amides is 1. The van der Waals surface area contributed by atoms with E-state index in [-0.39, 0.29) is 24.0 Å². The fourth-order valence-electron chi connectivity index (χ4n) is 2.87. The number of carbonyl (C=O) groups excluding carboxylic acids is 1. The number of ether oxygens (including phenoxy) is 1. The van der Waals surface area contributed by atoms with Gasteiger partial charge in [0.2, 0.25) is 5.91 Å². The zero-order chi connectivity index (χ0) is 15.1. The summed E-state index contributed by atoms with van der Waals surface area (Å²) in [7, 11) is 0. The molecule has 0 aromatic carbocycles. The molecule has 0 bridgehead atoms. The van der Waals surface area contributed by atoms with E-state index < -0.39 is 0 Å². The monoisotopic (exact) mass is 285 g/mol. The number of piperidine rings is 1. The van der Waals surface area contributed by atoms with E-state index in [1.807, 2.05) is 11.8 Å². The molecule has 1 N–H and O–H groups in total. The number of nitrogens with zero attached hydrogens (tertiary/aromatic N) is 1. The summed E-state index contributed by atoms with van der Waals surface area (Å²) in [5.41, 5.74) is 0. The second-order valence-corrected chi connectivity index (χ2v) is 6.54. The molecule has 4 nitrogen and oxygen atoms in total. The van der Waals surface area contributed by atoms with Gasteiger partial charge in [0.1, 0.15) is 0 Å². The van der Waals surface area contributed by atoms with Gasteiger partial charge >= 0.3 is 0 Å². The van der Waals surface area contributed by atoms with Crippen molar-refractivity contribution in [2.24, 2.45) is 11.8 Å². The van der Waals surface area contributed by atoms with Crippen LogP contribution in [0.25, 0.3) is 0 Å². The molecule has 3 unspecified atom stereocenters. The average molecular weight is 285 g/mol. The standard InChI is InChI=1S/C16H31NO3/c1-12(2)10-13(3)20-9-7-16(19)17-8-5-6-15(11-17)14(4)18/h12-15,18H,5-11H2,1-4H3. The summed E-state index contributed by atoms with van der Waals surface area (Å²) in [5, 5.41) is 9.65. The van der Waals surface area contributed by atoms with Gasteiger partial charge in [-0.1, -0.05) is 13.8 Å². The molecule has 1 amide bonds. The van der Waals surface area contributed by atoms with E-state index in [1.54, 1.807) is 0 Å². The highest BCUT2D eigenvalue weighted by atomic mass is 16.5. The van der Waals surface area contributed by atoms with Crippen LogP contribution in [0.1, 0.15) is 53.4 Å². The van der Waals surface area contributed by atoms with Gasteiger partial charge < -0.3 is 14.7 Å². The van der Waals surface area contributed by atoms with Crippen molar-refractivity contribution in [3.05, 3.63) is 0 Å². The number of likely N-dealkylation sites (tertiary alicyclic amines) is 1. The van der Waals surface area contributed by atoms with Gasteiger partial charge in [-0.25, -0.2) is 0 Å². The van der Waals surface area contributed by atoms with E-state index in [4.69, 9.17) is 4.74 Å². The van der Waals surface area contributed by atoms with Crippen molar-refractivity contribution >= 4 is 5.91 Å². The lowest BCUT2D eigenvalue weighted by Gasteiger charge is -2.34. The van der Waals surface area contributed by atoms with Crippen LogP contribution in [0.4, 0.5) is 0 Å². The molecule has 118 valence electrons. The molecule has 0 radical (unpaired) electrons. The Hall–Kier alpha value is -0.610. The molecular formula is C16H31NO3. The molecule has 0 aliphatic carbocycles. The maximum Gasteiger partial charge on any atom is 0.224 e. The molecule has 0 aromatic heterocycles. The Bertz CT molecular complexity index is 291. The zero-order valence-electron chi connectivity index (χ0n) is 13.5. The maximum atomic E-state index is 12.1. The van der Waals surface area contributed by atoms with Crippen LogP contribution in [-0.4, -0.2) is 47.8 Å². The number of hydrogen-bond donors (Lipinski definition) is 1. The summed E-state index contributed by atoms with van der Waals surface area (Å²) in [6.07, 6.45) is 3.38. The third-order valence-electron chi connectivity index (χ3n) is 4.01. The van der Waals surface area contributed by atoms with Gasteiger partial charge in [0.15, 0.2) is 0 Å². The third-order valence-corrected chi connectivity index (χ3v) is 4.01. The van der Waals surface area contributed by atoms with E-state index in [2.05, 4.69) is 20.8 Å². The van der Waals surface area contributed by atoms with Crippen molar-refractivity contribution in [2.45, 2.75) is 65.6 Å². The minimum atomic E-state index is -0.326. The SMILES string of the molecule is CC(C)CC(C)OCCC(=O)N1CCCC(C(C)O)C1. The quantitative estimate of drug-likeness (QED) is 0.781. The molecule has 1 rings (SSSR count). The molecule has 1 saturated heterocycles. The predicted octanol–water partition coefficient (Wildman–Crippen LogP) is 2.45. The van der Waals surface area contributed by atoms with Gasteiger partial charge in [-0.3, -0.25) is 4.79 Å². The fraction of sp³-hybridized carbons (Fsp3) is 0.938. The molecule has 1 fully saturated rings. The number of aliphatic hydroxyl groups excluding tert-OH is 1. The van der Waals surface area contributed by atoms with Gasteiger partial charge in [0, 0.05) is 19.0 Å². The lowest BCUT2D eigenvalue weighted by molar-refractivity contribution is -0.135. The summed E-state index contributed by atoms with van der Waals surface area (Å²) in [6, 6.07) is 0. The first-order valence-electron chi connectivity index (χ1n) is 7.97. The molecule has 3 atom stereocenters. The predicted molar refractivity (Wildman–Crippen MR) is 80.5 cm³/mol. The van der Waals surface area contributed by atoms with Crippen LogP contribution >= 0.6 is 0 Å². The first-order chi connectivity index (χ1) is 9.40. The van der Waals surface area contributed by atoms with Gasteiger partial charge in [-0.05, 0) is 39.0 Å². The lowest BCUT2D eigenvalue weighted by Crippen LogP contribution is -2.43. The first kappa shape index (κ1) is 17.4. The van der Waals surface area contributed by atoms with Crippen molar-refractivity contribution in [1.29, 1.82) is 0 Å². The van der Waals surface area contributed by atoms with Crippen LogP contribution in [0.5, 0.6) is 0 Å². The Morgan fingerprint density at radius 1 is 1.35 bits per heavy atom. The van der Waals surface area contributed by atoms with E-state index >= 15 is 0 Å². The van der Waals surface area contributed by atoms with Crippen LogP contribution in [0, 0.1) is 11.8 Å². The molecular weight excluding hydrogens is 254 g/mol. The summed E-state index contributed by atoms with van der Waals surface area (Å²) < 4.78 is 5.69. The summed E-state index contributed by atoms with van der Waals surface area (Å²) >= 11 is 0. The Morgan fingerprint density at radius 2 is 2.05 bits per heavy atom. The number of carbonyl (C=O) groups is 1. The zero-order valence-corrected chi connectivity index (χ0v) is 13.5. The first-order valence-corrected chi connectivity index (χ1v) is 7.97. The Balaban J connectivity index is 2.25. The smallest absolute Gasteiger partial charge is 0.224 e. The van der Waals surface area contributed by atoms with E-state index in [9.17, 15) is 9.90 Å². The van der Waals surface area contributed by atoms with Gasteiger partial charge in [-0.15, -0.1) is 0 Å². The van der Waals surface area contributed by atoms with Gasteiger partial charge in [-0.2, -0.15) is 0 Å². The van der Waals surface area contributed by atoms with Crippen LogP contribution in [0.3, 0.4) is 0 Å². The Kier molecular flexibility index (Phi) is 7.52. The molecule has 0 aromatic rings. The van der Waals surface area contributed by atoms with E-state index in [0.29, 0.717) is 25.5 Å². The van der Waals surface area contributed by atoms with Crippen molar-refractivity contribution in [3.63, 3.8) is 0 Å². The highest BCUT2D eigenvalue weighted by molar-refractivity contribution is 5.76. The largest absolute Gasteiger partial charge is 0.393 e. The third kappa shape index (κ3) is 6.23. The molecule has 4 heteroatoms. The molecule has 20 heavy (non-hydrogen) atoms. The highest BCUT2D eigenvalue weighted by Gasteiger charge is 2.26. The molecule has 0 saturated carbocycles.